The first-order valence-electron chi connectivity index (χ1n) is 10.1. The molecule has 4 aliphatic heterocycles. The molecule has 0 aliphatic carbocycles. The lowest BCUT2D eigenvalue weighted by Gasteiger charge is -2.46. The Morgan fingerprint density at radius 2 is 1.71 bits per heavy atom. The number of amides is 1. The monoisotopic (exact) mass is 398 g/mol. The molecule has 2 bridgehead atoms. The molecule has 3 saturated heterocycles. The van der Waals surface area contributed by atoms with Crippen molar-refractivity contribution in [3.8, 4) is 0 Å². The lowest BCUT2D eigenvalue weighted by molar-refractivity contribution is 0.0489. The maximum absolute atomic E-state index is 12.0. The highest BCUT2D eigenvalue weighted by molar-refractivity contribution is 5.85. The fraction of sp³-hybridized carbons (Fsp3) is 0.435. The van der Waals surface area contributed by atoms with Crippen LogP contribution in [0.4, 0.5) is 4.79 Å². The summed E-state index contributed by atoms with van der Waals surface area (Å²) in [5, 5.41) is 9.82. The van der Waals surface area contributed by atoms with Crippen LogP contribution >= 0.6 is 12.4 Å². The van der Waals surface area contributed by atoms with E-state index in [1.807, 2.05) is 6.07 Å². The number of carbonyl (C=O) groups is 1. The lowest BCUT2D eigenvalue weighted by Crippen LogP contribution is -2.43. The van der Waals surface area contributed by atoms with Gasteiger partial charge in [-0.1, -0.05) is 48.5 Å². The van der Waals surface area contributed by atoms with E-state index < -0.39 is 6.09 Å². The van der Waals surface area contributed by atoms with Gasteiger partial charge in [-0.3, -0.25) is 9.80 Å². The molecule has 3 fully saturated rings. The van der Waals surface area contributed by atoms with Crippen LogP contribution in [0, 0.1) is 5.92 Å². The maximum atomic E-state index is 12.0. The quantitative estimate of drug-likeness (QED) is 0.783. The molecular weight excluding hydrogens is 372 g/mol. The van der Waals surface area contributed by atoms with Crippen molar-refractivity contribution in [1.82, 2.24) is 9.80 Å². The normalized spacial score (nSPS) is 28.4. The van der Waals surface area contributed by atoms with Gasteiger partial charge in [-0.25, -0.2) is 4.79 Å². The van der Waals surface area contributed by atoms with E-state index in [1.165, 1.54) is 43.5 Å². The van der Waals surface area contributed by atoms with Gasteiger partial charge >= 0.3 is 6.09 Å². The zero-order chi connectivity index (χ0) is 18.4. The zero-order valence-electron chi connectivity index (χ0n) is 16.0. The fourth-order valence-electron chi connectivity index (χ4n) is 5.38. The summed E-state index contributed by atoms with van der Waals surface area (Å²) in [6.07, 6.45) is 3.86. The van der Waals surface area contributed by atoms with E-state index in [4.69, 9.17) is 0 Å². The Kier molecular flexibility index (Phi) is 5.35. The highest BCUT2D eigenvalue weighted by Crippen LogP contribution is 2.42. The first-order chi connectivity index (χ1) is 13.2. The molecule has 6 rings (SSSR count). The van der Waals surface area contributed by atoms with Crippen molar-refractivity contribution in [2.24, 2.45) is 5.92 Å². The molecule has 4 heterocycles. The minimum Gasteiger partial charge on any atom is -0.465 e. The van der Waals surface area contributed by atoms with Crippen LogP contribution in [-0.2, 0) is 6.42 Å². The lowest BCUT2D eigenvalue weighted by atomic mass is 9.80. The smallest absolute Gasteiger partial charge is 0.408 e. The van der Waals surface area contributed by atoms with E-state index in [-0.39, 0.29) is 18.4 Å². The number of piperidine rings is 3. The number of carboxylic acid groups (broad SMARTS) is 1. The molecule has 1 N–H and O–H groups in total. The Morgan fingerprint density at radius 3 is 2.43 bits per heavy atom. The molecule has 2 aromatic carbocycles. The van der Waals surface area contributed by atoms with E-state index in [2.05, 4.69) is 47.4 Å². The second kappa shape index (κ2) is 7.76. The van der Waals surface area contributed by atoms with Crippen LogP contribution in [0.15, 0.2) is 48.5 Å². The Balaban J connectivity index is 0.00000192. The largest absolute Gasteiger partial charge is 0.465 e. The van der Waals surface area contributed by atoms with Crippen molar-refractivity contribution in [3.63, 3.8) is 0 Å². The number of hydrogen-bond donors (Lipinski definition) is 1. The summed E-state index contributed by atoms with van der Waals surface area (Å²) in [7, 11) is 0. The summed E-state index contributed by atoms with van der Waals surface area (Å²) in [6, 6.07) is 17.3. The number of fused-ring (bicyclic) bond motifs is 4. The predicted octanol–water partition coefficient (Wildman–Crippen LogP) is 4.89. The molecule has 2 aromatic rings. The van der Waals surface area contributed by atoms with Crippen LogP contribution in [0.1, 0.15) is 53.6 Å². The van der Waals surface area contributed by atoms with E-state index in [0.717, 1.165) is 23.5 Å². The molecule has 2 atom stereocenters. The minimum absolute atomic E-state index is 0. The molecule has 4 nitrogen and oxygen atoms in total. The van der Waals surface area contributed by atoms with Crippen molar-refractivity contribution in [3.05, 3.63) is 70.8 Å². The van der Waals surface area contributed by atoms with E-state index >= 15 is 0 Å². The molecule has 0 aromatic heterocycles. The predicted molar refractivity (Wildman–Crippen MR) is 112 cm³/mol. The molecule has 148 valence electrons. The van der Waals surface area contributed by atoms with Gasteiger partial charge < -0.3 is 5.11 Å². The zero-order valence-corrected chi connectivity index (χ0v) is 16.8. The molecule has 0 saturated carbocycles. The molecule has 28 heavy (non-hydrogen) atoms. The molecule has 5 heteroatoms. The molecule has 4 aliphatic rings. The first kappa shape index (κ1) is 19.3. The number of benzene rings is 2. The third-order valence-electron chi connectivity index (χ3n) is 6.79. The average Bonchev–Trinajstić information content (AvgIpc) is 2.73. The third kappa shape index (κ3) is 3.29. The van der Waals surface area contributed by atoms with Crippen molar-refractivity contribution in [2.75, 3.05) is 19.6 Å². The van der Waals surface area contributed by atoms with Crippen molar-refractivity contribution in [1.29, 1.82) is 0 Å². The number of rotatable bonds is 2. The van der Waals surface area contributed by atoms with Gasteiger partial charge in [0, 0.05) is 12.6 Å². The fourth-order valence-corrected chi connectivity index (χ4v) is 5.38. The highest BCUT2D eigenvalue weighted by Gasteiger charge is 2.36. The summed E-state index contributed by atoms with van der Waals surface area (Å²) in [6.45, 7) is 2.96. The number of nitrogens with zero attached hydrogens (tertiary/aromatic N) is 2. The number of hydrogen-bond acceptors (Lipinski definition) is 2. The van der Waals surface area contributed by atoms with Crippen LogP contribution in [-0.4, -0.2) is 40.6 Å². The molecule has 0 radical (unpaired) electrons. The summed E-state index contributed by atoms with van der Waals surface area (Å²) in [5.41, 5.74) is 4.86. The van der Waals surface area contributed by atoms with E-state index in [0.29, 0.717) is 12.6 Å². The van der Waals surface area contributed by atoms with E-state index in [9.17, 15) is 9.90 Å². The van der Waals surface area contributed by atoms with Gasteiger partial charge in [0.2, 0.25) is 0 Å². The van der Waals surface area contributed by atoms with Crippen LogP contribution in [0.2, 0.25) is 0 Å². The Bertz CT molecular complexity index is 863. The van der Waals surface area contributed by atoms with Gasteiger partial charge in [0.25, 0.3) is 0 Å². The van der Waals surface area contributed by atoms with Gasteiger partial charge in [-0.15, -0.1) is 12.4 Å². The van der Waals surface area contributed by atoms with Gasteiger partial charge in [0.05, 0.1) is 6.04 Å². The van der Waals surface area contributed by atoms with Crippen molar-refractivity contribution >= 4 is 18.5 Å². The van der Waals surface area contributed by atoms with Crippen LogP contribution in [0.3, 0.4) is 0 Å². The van der Waals surface area contributed by atoms with Crippen LogP contribution in [0.25, 0.3) is 0 Å². The summed E-state index contributed by atoms with van der Waals surface area (Å²) in [5.74, 6) is 0.856. The van der Waals surface area contributed by atoms with E-state index in [1.54, 1.807) is 4.90 Å². The van der Waals surface area contributed by atoms with Gasteiger partial charge in [-0.2, -0.15) is 0 Å². The van der Waals surface area contributed by atoms with Crippen molar-refractivity contribution in [2.45, 2.75) is 37.8 Å². The van der Waals surface area contributed by atoms with Crippen molar-refractivity contribution < 1.29 is 9.90 Å². The second-order valence-electron chi connectivity index (χ2n) is 8.23. The van der Waals surface area contributed by atoms with Gasteiger partial charge in [-0.05, 0) is 66.9 Å². The topological polar surface area (TPSA) is 43.8 Å². The van der Waals surface area contributed by atoms with Crippen LogP contribution in [0.5, 0.6) is 0 Å². The summed E-state index contributed by atoms with van der Waals surface area (Å²) < 4.78 is 0. The minimum atomic E-state index is -0.833. The Morgan fingerprint density at radius 1 is 0.964 bits per heavy atom. The first-order valence-corrected chi connectivity index (χ1v) is 10.1. The Hall–Kier alpha value is -2.04. The SMILES string of the molecule is Cl.O=C(O)N1CCc2ccccc2[C@H]1c1cccc(C2CC3CCN2CC3)c1. The Labute approximate surface area is 172 Å². The molecule has 1 amide bonds. The third-order valence-corrected chi connectivity index (χ3v) is 6.79. The molecular formula is C23H27ClN2O2. The van der Waals surface area contributed by atoms with Crippen LogP contribution < -0.4 is 0 Å². The highest BCUT2D eigenvalue weighted by atomic mass is 35.5. The summed E-state index contributed by atoms with van der Waals surface area (Å²) in [4.78, 5) is 16.2. The van der Waals surface area contributed by atoms with Gasteiger partial charge in [0.15, 0.2) is 0 Å². The summed E-state index contributed by atoms with van der Waals surface area (Å²) >= 11 is 0. The molecule has 1 unspecified atom stereocenters. The maximum Gasteiger partial charge on any atom is 0.408 e. The second-order valence-corrected chi connectivity index (χ2v) is 8.23. The standard InChI is InChI=1S/C23H26N2O2.ClH/c26-23(27)25-13-10-17-4-1-2-7-20(17)22(25)19-6-3-5-18(15-19)21-14-16-8-11-24(21)12-9-16;/h1-7,15-16,21-22H,8-14H2,(H,26,27);1H/t21?,22-;/m1./s1. The van der Waals surface area contributed by atoms with Gasteiger partial charge in [0.1, 0.15) is 0 Å². The average molecular weight is 399 g/mol. The number of halogens is 1. The molecule has 0 spiro atoms.